The molecule has 0 aromatic heterocycles. The number of hydrogen-bond donors (Lipinski definition) is 0. The molecule has 1 rings (SSSR count). The van der Waals surface area contributed by atoms with Crippen LogP contribution in [0.2, 0.25) is 0 Å². The van der Waals surface area contributed by atoms with Crippen molar-refractivity contribution in [3.8, 4) is 0 Å². The Morgan fingerprint density at radius 2 is 2.05 bits per heavy atom. The molecule has 1 aromatic rings. The minimum absolute atomic E-state index is 0.156. The summed E-state index contributed by atoms with van der Waals surface area (Å²) in [5, 5.41) is 3.25. The van der Waals surface area contributed by atoms with Gasteiger partial charge in [0.1, 0.15) is 5.75 Å². The lowest BCUT2D eigenvalue weighted by atomic mass is 10.2. The first kappa shape index (κ1) is 18.2. The van der Waals surface area contributed by atoms with Crippen LogP contribution in [0.4, 0.5) is 0 Å². The number of oxime groups is 1. The van der Waals surface area contributed by atoms with Crippen molar-refractivity contribution in [1.82, 2.24) is 0 Å². The van der Waals surface area contributed by atoms with Gasteiger partial charge < -0.3 is 4.74 Å². The molecule has 0 aliphatic heterocycles. The van der Waals surface area contributed by atoms with Gasteiger partial charge in [-0.2, -0.15) is 8.42 Å². The minimum Gasteiger partial charge on any atom is -0.461 e. The number of thioether (sulfide) groups is 1. The molecule has 0 heterocycles. The average Bonchev–Trinajstić information content (AvgIpc) is 2.48. The second-order valence-electron chi connectivity index (χ2n) is 3.98. The first-order chi connectivity index (χ1) is 10.5. The molecular weight excluding hydrogens is 326 g/mol. The van der Waals surface area contributed by atoms with Gasteiger partial charge in [-0.1, -0.05) is 53.3 Å². The first-order valence-electron chi connectivity index (χ1n) is 6.42. The van der Waals surface area contributed by atoms with E-state index in [-0.39, 0.29) is 17.4 Å². The van der Waals surface area contributed by atoms with E-state index >= 15 is 0 Å². The first-order valence-corrected chi connectivity index (χ1v) is 8.99. The van der Waals surface area contributed by atoms with Gasteiger partial charge in [0.25, 0.3) is 0 Å². The van der Waals surface area contributed by atoms with Crippen LogP contribution in [0.3, 0.4) is 0 Å². The maximum absolute atomic E-state index is 11.8. The number of nitrogens with zero attached hydrogens (tertiary/aromatic N) is 1. The van der Waals surface area contributed by atoms with E-state index in [4.69, 9.17) is 4.74 Å². The molecule has 0 aliphatic carbocycles. The maximum Gasteiger partial charge on any atom is 0.367 e. The molecule has 22 heavy (non-hydrogen) atoms. The van der Waals surface area contributed by atoms with Gasteiger partial charge in [0.15, 0.2) is 0 Å². The quantitative estimate of drug-likeness (QED) is 0.248. The van der Waals surface area contributed by atoms with E-state index in [1.165, 1.54) is 0 Å². The highest BCUT2D eigenvalue weighted by Gasteiger charge is 2.18. The summed E-state index contributed by atoms with van der Waals surface area (Å²) < 4.78 is 33.0. The fourth-order valence-corrected chi connectivity index (χ4v) is 2.78. The lowest BCUT2D eigenvalue weighted by Gasteiger charge is -2.05. The van der Waals surface area contributed by atoms with Crippen LogP contribution in [0.15, 0.2) is 48.1 Å². The molecule has 0 bridgehead atoms. The normalized spacial score (nSPS) is 11.8. The van der Waals surface area contributed by atoms with Gasteiger partial charge >= 0.3 is 16.1 Å². The molecule has 0 aliphatic rings. The highest BCUT2D eigenvalue weighted by molar-refractivity contribution is 8.15. The van der Waals surface area contributed by atoms with Crippen LogP contribution in [0.1, 0.15) is 12.5 Å². The van der Waals surface area contributed by atoms with Gasteiger partial charge in [-0.05, 0) is 12.5 Å². The van der Waals surface area contributed by atoms with Crippen molar-refractivity contribution in [2.75, 3.05) is 12.4 Å². The average molecular weight is 343 g/mol. The summed E-state index contributed by atoms with van der Waals surface area (Å²) in [7, 11) is -3.94. The van der Waals surface area contributed by atoms with Crippen molar-refractivity contribution in [3.05, 3.63) is 48.6 Å². The molecule has 8 heteroatoms. The Balaban J connectivity index is 2.78. The maximum atomic E-state index is 11.8. The predicted molar refractivity (Wildman–Crippen MR) is 86.9 cm³/mol. The number of benzene rings is 1. The van der Waals surface area contributed by atoms with Gasteiger partial charge in [0.2, 0.25) is 5.04 Å². The molecule has 0 saturated heterocycles. The fourth-order valence-electron chi connectivity index (χ4n) is 1.35. The van der Waals surface area contributed by atoms with Gasteiger partial charge in [0.05, 0.1) is 6.61 Å². The Morgan fingerprint density at radius 1 is 1.36 bits per heavy atom. The topological polar surface area (TPSA) is 82.0 Å². The van der Waals surface area contributed by atoms with E-state index in [1.54, 1.807) is 43.3 Å². The van der Waals surface area contributed by atoms with Crippen LogP contribution in [-0.2, 0) is 29.7 Å². The summed E-state index contributed by atoms with van der Waals surface area (Å²) >= 11 is 0.985. The van der Waals surface area contributed by atoms with Crippen molar-refractivity contribution >= 4 is 32.9 Å². The molecule has 120 valence electrons. The summed E-state index contributed by atoms with van der Waals surface area (Å²) in [6.07, 6.45) is 1.55. The Bertz CT molecular complexity index is 626. The molecule has 0 spiro atoms. The summed E-state index contributed by atoms with van der Waals surface area (Å²) in [6, 6.07) is 8.53. The SMILES string of the molecule is C=CCSC(=NOS(=O)(=O)Cc1ccccc1)C(=O)OCC. The van der Waals surface area contributed by atoms with Crippen LogP contribution < -0.4 is 0 Å². The number of carbonyl (C=O) groups excluding carboxylic acids is 1. The van der Waals surface area contributed by atoms with Gasteiger partial charge in [-0.25, -0.2) is 4.79 Å². The zero-order chi connectivity index (χ0) is 16.4. The summed E-state index contributed by atoms with van der Waals surface area (Å²) in [5.41, 5.74) is 0.564. The van der Waals surface area contributed by atoms with Crippen molar-refractivity contribution < 1.29 is 22.2 Å². The van der Waals surface area contributed by atoms with E-state index < -0.39 is 16.1 Å². The third-order valence-electron chi connectivity index (χ3n) is 2.21. The zero-order valence-corrected chi connectivity index (χ0v) is 13.7. The van der Waals surface area contributed by atoms with Gasteiger partial charge in [-0.15, -0.1) is 6.58 Å². The molecule has 1 aromatic carbocycles. The summed E-state index contributed by atoms with van der Waals surface area (Å²) in [4.78, 5) is 11.6. The van der Waals surface area contributed by atoms with Crippen LogP contribution >= 0.6 is 11.8 Å². The molecule has 0 unspecified atom stereocenters. The van der Waals surface area contributed by atoms with E-state index in [2.05, 4.69) is 16.0 Å². The highest BCUT2D eigenvalue weighted by atomic mass is 32.2. The van der Waals surface area contributed by atoms with Gasteiger partial charge in [0, 0.05) is 5.75 Å². The number of hydrogen-bond acceptors (Lipinski definition) is 7. The Hall–Kier alpha value is -1.80. The number of ether oxygens (including phenoxy) is 1. The Morgan fingerprint density at radius 3 is 2.64 bits per heavy atom. The van der Waals surface area contributed by atoms with E-state index in [0.717, 1.165) is 11.8 Å². The van der Waals surface area contributed by atoms with Crippen LogP contribution in [0, 0.1) is 0 Å². The number of esters is 1. The Kier molecular flexibility index (Phi) is 7.69. The molecule has 0 N–H and O–H groups in total. The second-order valence-corrected chi connectivity index (χ2v) is 6.54. The van der Waals surface area contributed by atoms with Crippen LogP contribution in [0.5, 0.6) is 0 Å². The Labute approximate surface area is 134 Å². The smallest absolute Gasteiger partial charge is 0.367 e. The molecule has 0 radical (unpaired) electrons. The van der Waals surface area contributed by atoms with Crippen LogP contribution in [0.25, 0.3) is 0 Å². The minimum atomic E-state index is -3.94. The van der Waals surface area contributed by atoms with Crippen molar-refractivity contribution in [2.24, 2.45) is 5.16 Å². The molecular formula is C14H17NO5S2. The molecule has 6 nitrogen and oxygen atoms in total. The number of rotatable bonds is 7. The summed E-state index contributed by atoms with van der Waals surface area (Å²) in [6.45, 7) is 5.31. The van der Waals surface area contributed by atoms with Crippen LogP contribution in [-0.4, -0.2) is 31.8 Å². The molecule has 0 atom stereocenters. The second kappa shape index (κ2) is 9.26. The van der Waals surface area contributed by atoms with Crippen molar-refractivity contribution in [1.29, 1.82) is 0 Å². The predicted octanol–water partition coefficient (Wildman–Crippen LogP) is 2.33. The lowest BCUT2D eigenvalue weighted by Crippen LogP contribution is -2.16. The van der Waals surface area contributed by atoms with Crippen molar-refractivity contribution in [2.45, 2.75) is 12.7 Å². The van der Waals surface area contributed by atoms with E-state index in [9.17, 15) is 13.2 Å². The monoisotopic (exact) mass is 343 g/mol. The lowest BCUT2D eigenvalue weighted by molar-refractivity contribution is -0.134. The summed E-state index contributed by atoms with van der Waals surface area (Å²) in [5.74, 6) is -0.691. The highest BCUT2D eigenvalue weighted by Crippen LogP contribution is 2.11. The molecule has 0 fully saturated rings. The standard InChI is InChI=1S/C14H17NO5S2/c1-3-10-21-13(14(16)19-4-2)15-20-22(17,18)11-12-8-6-5-7-9-12/h3,5-9H,1,4,10-11H2,2H3. The van der Waals surface area contributed by atoms with Gasteiger partial charge in [-0.3, -0.25) is 4.28 Å². The van der Waals surface area contributed by atoms with E-state index in [1.807, 2.05) is 0 Å². The third-order valence-corrected chi connectivity index (χ3v) is 4.11. The fraction of sp³-hybridized carbons (Fsp3) is 0.286. The molecule has 0 amide bonds. The van der Waals surface area contributed by atoms with E-state index in [0.29, 0.717) is 11.3 Å². The zero-order valence-electron chi connectivity index (χ0n) is 12.1. The third kappa shape index (κ3) is 6.77. The largest absolute Gasteiger partial charge is 0.461 e. The van der Waals surface area contributed by atoms with Crippen molar-refractivity contribution in [3.63, 3.8) is 0 Å². The number of carbonyl (C=O) groups is 1. The molecule has 0 saturated carbocycles.